The molecule has 0 bridgehead atoms. The molecule has 0 aromatic heterocycles. The first-order valence-electron chi connectivity index (χ1n) is 7.70. The summed E-state index contributed by atoms with van der Waals surface area (Å²) < 4.78 is 0. The van der Waals surface area contributed by atoms with Crippen LogP contribution in [0, 0.1) is 11.3 Å². The summed E-state index contributed by atoms with van der Waals surface area (Å²) in [4.78, 5) is 2.31. The monoisotopic (exact) mass is 310 g/mol. The number of rotatable bonds is 3. The summed E-state index contributed by atoms with van der Waals surface area (Å²) in [6.45, 7) is 8.05. The van der Waals surface area contributed by atoms with E-state index < -0.39 is 0 Å². The molecule has 0 spiro atoms. The third-order valence-corrected chi connectivity index (χ3v) is 4.57. The van der Waals surface area contributed by atoms with Gasteiger partial charge in [-0.3, -0.25) is 0 Å². The van der Waals surface area contributed by atoms with Crippen molar-refractivity contribution in [3.63, 3.8) is 0 Å². The van der Waals surface area contributed by atoms with Gasteiger partial charge in [-0.05, 0) is 48.4 Å². The van der Waals surface area contributed by atoms with Gasteiger partial charge < -0.3 is 15.7 Å². The molecule has 118 valence electrons. The van der Waals surface area contributed by atoms with Gasteiger partial charge in [-0.1, -0.05) is 32.4 Å². The van der Waals surface area contributed by atoms with Crippen LogP contribution in [0.5, 0.6) is 0 Å². The van der Waals surface area contributed by atoms with E-state index in [9.17, 15) is 5.11 Å². The highest BCUT2D eigenvalue weighted by atomic mass is 35.5. The molecule has 1 fully saturated rings. The number of nitrogens with two attached hydrogens (primary N) is 1. The lowest BCUT2D eigenvalue weighted by atomic mass is 9.80. The summed E-state index contributed by atoms with van der Waals surface area (Å²) >= 11 is 5.95. The second kappa shape index (κ2) is 6.55. The number of halogens is 1. The van der Waals surface area contributed by atoms with Crippen molar-refractivity contribution in [1.29, 1.82) is 0 Å². The van der Waals surface area contributed by atoms with Crippen LogP contribution in [0.25, 0.3) is 0 Å². The van der Waals surface area contributed by atoms with E-state index in [1.807, 2.05) is 24.3 Å². The van der Waals surface area contributed by atoms with E-state index in [0.717, 1.165) is 36.6 Å². The van der Waals surface area contributed by atoms with Crippen LogP contribution < -0.4 is 10.6 Å². The Labute approximate surface area is 133 Å². The molecule has 0 amide bonds. The summed E-state index contributed by atoms with van der Waals surface area (Å²) in [5.41, 5.74) is 7.30. The molecule has 0 radical (unpaired) electrons. The number of aliphatic hydroxyl groups is 1. The normalized spacial score (nSPS) is 25.0. The van der Waals surface area contributed by atoms with Crippen molar-refractivity contribution in [2.45, 2.75) is 45.8 Å². The van der Waals surface area contributed by atoms with Crippen LogP contribution in [0.15, 0.2) is 24.3 Å². The molecule has 3 atom stereocenters. The summed E-state index contributed by atoms with van der Waals surface area (Å²) in [6.07, 6.45) is 1.50. The van der Waals surface area contributed by atoms with E-state index in [1.165, 1.54) is 0 Å². The first kappa shape index (κ1) is 16.6. The Morgan fingerprint density at radius 1 is 1.29 bits per heavy atom. The maximum atomic E-state index is 10.3. The largest absolute Gasteiger partial charge is 0.393 e. The van der Waals surface area contributed by atoms with E-state index in [1.54, 1.807) is 0 Å². The number of aliphatic hydroxyl groups excluding tert-OH is 1. The maximum absolute atomic E-state index is 10.3. The summed E-state index contributed by atoms with van der Waals surface area (Å²) in [5.74, 6) is 0.429. The molecule has 0 aliphatic carbocycles. The van der Waals surface area contributed by atoms with Crippen LogP contribution in [-0.4, -0.2) is 30.3 Å². The molecule has 1 aliphatic heterocycles. The van der Waals surface area contributed by atoms with E-state index >= 15 is 0 Å². The van der Waals surface area contributed by atoms with E-state index in [4.69, 9.17) is 17.3 Å². The molecule has 0 saturated carbocycles. The molecule has 1 aromatic rings. The van der Waals surface area contributed by atoms with Crippen molar-refractivity contribution < 1.29 is 5.11 Å². The lowest BCUT2D eigenvalue weighted by Crippen LogP contribution is -2.48. The molecule has 3 unspecified atom stereocenters. The first-order chi connectivity index (χ1) is 9.75. The number of hydrogen-bond acceptors (Lipinski definition) is 3. The average molecular weight is 311 g/mol. The topological polar surface area (TPSA) is 49.5 Å². The predicted octanol–water partition coefficient (Wildman–Crippen LogP) is 3.29. The molecule has 1 aromatic carbocycles. The quantitative estimate of drug-likeness (QED) is 0.900. The van der Waals surface area contributed by atoms with Crippen LogP contribution in [0.2, 0.25) is 5.02 Å². The Kier molecular flexibility index (Phi) is 5.18. The fraction of sp³-hybridized carbons (Fsp3) is 0.647. The van der Waals surface area contributed by atoms with Crippen molar-refractivity contribution >= 4 is 17.3 Å². The van der Waals surface area contributed by atoms with Gasteiger partial charge in [-0.2, -0.15) is 0 Å². The van der Waals surface area contributed by atoms with Crippen LogP contribution in [0.4, 0.5) is 5.69 Å². The van der Waals surface area contributed by atoms with Gasteiger partial charge in [0.05, 0.1) is 6.10 Å². The smallest absolute Gasteiger partial charge is 0.0591 e. The minimum Gasteiger partial charge on any atom is -0.393 e. The Morgan fingerprint density at radius 3 is 2.48 bits per heavy atom. The zero-order valence-corrected chi connectivity index (χ0v) is 14.0. The van der Waals surface area contributed by atoms with Crippen molar-refractivity contribution in [3.8, 4) is 0 Å². The molecule has 1 aliphatic rings. The molecule has 4 heteroatoms. The first-order valence-corrected chi connectivity index (χ1v) is 8.07. The predicted molar refractivity (Wildman–Crippen MR) is 89.8 cm³/mol. The van der Waals surface area contributed by atoms with Crippen LogP contribution in [0.1, 0.15) is 33.6 Å². The van der Waals surface area contributed by atoms with Crippen LogP contribution >= 0.6 is 11.6 Å². The third-order valence-electron chi connectivity index (χ3n) is 4.32. The molecule has 2 rings (SSSR count). The lowest BCUT2D eigenvalue weighted by molar-refractivity contribution is 0.0381. The van der Waals surface area contributed by atoms with Crippen LogP contribution in [-0.2, 0) is 0 Å². The number of hydrogen-bond donors (Lipinski definition) is 2. The zero-order valence-electron chi connectivity index (χ0n) is 13.2. The van der Waals surface area contributed by atoms with Gasteiger partial charge in [-0.25, -0.2) is 0 Å². The van der Waals surface area contributed by atoms with Crippen molar-refractivity contribution in [2.24, 2.45) is 17.1 Å². The minimum absolute atomic E-state index is 0.0767. The van der Waals surface area contributed by atoms with Crippen LogP contribution in [0.3, 0.4) is 0 Å². The zero-order chi connectivity index (χ0) is 15.6. The van der Waals surface area contributed by atoms with Gasteiger partial charge in [0.15, 0.2) is 0 Å². The lowest BCUT2D eigenvalue weighted by Gasteiger charge is -2.40. The van der Waals surface area contributed by atoms with Gasteiger partial charge in [0.1, 0.15) is 0 Å². The fourth-order valence-corrected chi connectivity index (χ4v) is 3.08. The molecule has 1 saturated heterocycles. The third kappa shape index (κ3) is 4.60. The highest BCUT2D eigenvalue weighted by molar-refractivity contribution is 6.30. The van der Waals surface area contributed by atoms with E-state index in [0.29, 0.717) is 5.92 Å². The highest BCUT2D eigenvalue weighted by Crippen LogP contribution is 2.30. The Morgan fingerprint density at radius 2 is 1.90 bits per heavy atom. The highest BCUT2D eigenvalue weighted by Gasteiger charge is 2.30. The van der Waals surface area contributed by atoms with Crippen molar-refractivity contribution in [1.82, 2.24) is 0 Å². The Bertz CT molecular complexity index is 455. The Hall–Kier alpha value is -0.770. The summed E-state index contributed by atoms with van der Waals surface area (Å²) in [6, 6.07) is 8.06. The molecule has 1 heterocycles. The summed E-state index contributed by atoms with van der Waals surface area (Å²) in [5, 5.41) is 11.1. The minimum atomic E-state index is -0.292. The van der Waals surface area contributed by atoms with Gasteiger partial charge in [0.2, 0.25) is 0 Å². The average Bonchev–Trinajstić information content (AvgIpc) is 2.37. The maximum Gasteiger partial charge on any atom is 0.0591 e. The standard InChI is InChI=1S/C17H27ClN2O/c1-17(2,3)16(21)9-12-8-14(19)11-20(10-12)15-6-4-13(18)5-7-15/h4-7,12,14,16,21H,8-11,19H2,1-3H3. The van der Waals surface area contributed by atoms with Crippen molar-refractivity contribution in [3.05, 3.63) is 29.3 Å². The van der Waals surface area contributed by atoms with E-state index in [2.05, 4.69) is 25.7 Å². The van der Waals surface area contributed by atoms with Gasteiger partial charge in [0.25, 0.3) is 0 Å². The van der Waals surface area contributed by atoms with Crippen molar-refractivity contribution in [2.75, 3.05) is 18.0 Å². The molecular formula is C17H27ClN2O. The second-order valence-electron chi connectivity index (χ2n) is 7.36. The number of nitrogens with zero attached hydrogens (tertiary/aromatic N) is 1. The van der Waals surface area contributed by atoms with Gasteiger partial charge >= 0.3 is 0 Å². The molecular weight excluding hydrogens is 284 g/mol. The second-order valence-corrected chi connectivity index (χ2v) is 7.80. The SMILES string of the molecule is CC(C)(C)C(O)CC1CC(N)CN(c2ccc(Cl)cc2)C1. The number of benzene rings is 1. The number of anilines is 1. The molecule has 3 N–H and O–H groups in total. The van der Waals surface area contributed by atoms with Gasteiger partial charge in [0, 0.05) is 29.8 Å². The fourth-order valence-electron chi connectivity index (χ4n) is 2.95. The molecule has 21 heavy (non-hydrogen) atoms. The van der Waals surface area contributed by atoms with E-state index in [-0.39, 0.29) is 17.6 Å². The number of piperidine rings is 1. The summed E-state index contributed by atoms with van der Waals surface area (Å²) in [7, 11) is 0. The van der Waals surface area contributed by atoms with Gasteiger partial charge in [-0.15, -0.1) is 0 Å². The molecule has 3 nitrogen and oxygen atoms in total. The Balaban J connectivity index is 2.04.